The fourth-order valence-electron chi connectivity index (χ4n) is 4.04. The van der Waals surface area contributed by atoms with E-state index in [1.165, 1.54) is 12.8 Å². The van der Waals surface area contributed by atoms with Crippen LogP contribution in [-0.2, 0) is 4.79 Å². The van der Waals surface area contributed by atoms with Gasteiger partial charge in [-0.15, -0.1) is 0 Å². The van der Waals surface area contributed by atoms with E-state index >= 15 is 0 Å². The van der Waals surface area contributed by atoms with Gasteiger partial charge in [-0.05, 0) is 19.3 Å². The van der Waals surface area contributed by atoms with Crippen molar-refractivity contribution in [2.75, 3.05) is 0 Å². The summed E-state index contributed by atoms with van der Waals surface area (Å²) in [6, 6.07) is 3.92. The molecular formula is C18H24N5O2+. The zero-order valence-electron chi connectivity index (χ0n) is 14.4. The molecule has 0 saturated heterocycles. The summed E-state index contributed by atoms with van der Waals surface area (Å²) in [4.78, 5) is 19.3. The fraction of sp³-hybridized carbons (Fsp3) is 0.500. The minimum Gasteiger partial charge on any atom is -0.345 e. The van der Waals surface area contributed by atoms with Crippen LogP contribution in [-0.4, -0.2) is 34.3 Å². The van der Waals surface area contributed by atoms with Gasteiger partial charge in [-0.1, -0.05) is 19.8 Å². The van der Waals surface area contributed by atoms with Crippen LogP contribution in [0.4, 0.5) is 0 Å². The van der Waals surface area contributed by atoms with Gasteiger partial charge >= 0.3 is 0 Å². The highest BCUT2D eigenvalue weighted by Crippen LogP contribution is 2.33. The number of pyridine rings is 1. The van der Waals surface area contributed by atoms with Crippen LogP contribution in [0, 0.1) is 0 Å². The second kappa shape index (κ2) is 6.38. The molecule has 0 radical (unpaired) electrons. The summed E-state index contributed by atoms with van der Waals surface area (Å²) < 4.78 is 1.01. The molecule has 0 bridgehead atoms. The number of carbonyl (C=O) groups is 1. The van der Waals surface area contributed by atoms with E-state index in [9.17, 15) is 10.0 Å². The van der Waals surface area contributed by atoms with Crippen LogP contribution in [0.2, 0.25) is 0 Å². The number of carbonyl (C=O) groups excluding carboxylic acids is 1. The van der Waals surface area contributed by atoms with Crippen molar-refractivity contribution in [3.8, 4) is 0 Å². The summed E-state index contributed by atoms with van der Waals surface area (Å²) in [5, 5.41) is 15.9. The Bertz CT molecular complexity index is 721. The highest BCUT2D eigenvalue weighted by Gasteiger charge is 2.40. The van der Waals surface area contributed by atoms with Crippen LogP contribution in [0.1, 0.15) is 50.8 Å². The Morgan fingerprint density at radius 3 is 2.72 bits per heavy atom. The number of aromatic nitrogens is 1. The molecule has 1 amide bonds. The topological polar surface area (TPSA) is 80.8 Å². The van der Waals surface area contributed by atoms with E-state index in [1.54, 1.807) is 18.6 Å². The Kier molecular flexibility index (Phi) is 4.07. The molecule has 3 N–H and O–H groups in total. The molecule has 25 heavy (non-hydrogen) atoms. The number of hydrogen-bond acceptors (Lipinski definition) is 5. The Hall–Kier alpha value is -2.57. The number of nitrogens with zero attached hydrogens (tertiary/aromatic N) is 3. The first-order valence-corrected chi connectivity index (χ1v) is 9.01. The molecule has 1 aliphatic carbocycles. The minimum absolute atomic E-state index is 0.0564. The second-order valence-electron chi connectivity index (χ2n) is 6.86. The zero-order chi connectivity index (χ0) is 17.4. The van der Waals surface area contributed by atoms with Crippen LogP contribution in [0.3, 0.4) is 0 Å². The summed E-state index contributed by atoms with van der Waals surface area (Å²) in [6.07, 6.45) is 10.2. The van der Waals surface area contributed by atoms with Gasteiger partial charge in [-0.2, -0.15) is 0 Å². The van der Waals surface area contributed by atoms with Crippen LogP contribution >= 0.6 is 0 Å². The molecule has 1 saturated carbocycles. The Morgan fingerprint density at radius 1 is 1.32 bits per heavy atom. The largest absolute Gasteiger partial charge is 0.345 e. The van der Waals surface area contributed by atoms with Gasteiger partial charge < -0.3 is 15.5 Å². The minimum atomic E-state index is -0.226. The average molecular weight is 342 g/mol. The van der Waals surface area contributed by atoms with Crippen molar-refractivity contribution in [2.45, 2.75) is 57.3 Å². The molecule has 1 aromatic heterocycles. The zero-order valence-corrected chi connectivity index (χ0v) is 14.4. The van der Waals surface area contributed by atoms with Crippen LogP contribution in [0.5, 0.6) is 0 Å². The molecular weight excluding hydrogens is 318 g/mol. The number of rotatable bonds is 3. The Labute approximate surface area is 147 Å². The number of amides is 1. The van der Waals surface area contributed by atoms with Crippen molar-refractivity contribution >= 4 is 12.1 Å². The summed E-state index contributed by atoms with van der Waals surface area (Å²) in [5.74, 6) is 1.03. The molecule has 1 aromatic rings. The predicted octanol–water partition coefficient (Wildman–Crippen LogP) is 1.21. The maximum absolute atomic E-state index is 12.5. The molecule has 4 rings (SSSR count). The quantitative estimate of drug-likeness (QED) is 0.570. The molecule has 2 atom stereocenters. The first-order chi connectivity index (χ1) is 12.2. The number of nitrogens with one attached hydrogen (secondary N) is 2. The standard InChI is InChI=1S/C18H23N5O2/c1-2-15-18(24)20-14-11-19-16(12-7-9-22(25)10-8-12)21-17(14)23(15)13-5-3-4-6-13/h7-11,13,15-16H,2-6H2,1H3,(H2-,19,20,21,24,25)/p+1. The van der Waals surface area contributed by atoms with Crippen LogP contribution in [0.15, 0.2) is 41.0 Å². The molecule has 132 valence electrons. The molecule has 7 heteroatoms. The highest BCUT2D eigenvalue weighted by molar-refractivity contribution is 5.93. The SMILES string of the molecule is CCC1C(=O)NC2=C(NC(c3cc[n+](O)cc3)N=C2)N1C1CCCC1. The third-order valence-electron chi connectivity index (χ3n) is 5.30. The van der Waals surface area contributed by atoms with Crippen molar-refractivity contribution in [1.29, 1.82) is 0 Å². The van der Waals surface area contributed by atoms with Gasteiger partial charge in [0, 0.05) is 28.5 Å². The van der Waals surface area contributed by atoms with Crippen molar-refractivity contribution in [2.24, 2.45) is 4.99 Å². The molecule has 7 nitrogen and oxygen atoms in total. The maximum Gasteiger partial charge on any atom is 0.247 e. The number of allylic oxidation sites excluding steroid dienone is 1. The maximum atomic E-state index is 12.5. The normalized spacial score (nSPS) is 26.4. The summed E-state index contributed by atoms with van der Waals surface area (Å²) in [7, 11) is 0. The fourth-order valence-corrected chi connectivity index (χ4v) is 4.04. The third-order valence-corrected chi connectivity index (χ3v) is 5.30. The number of hydrogen-bond donors (Lipinski definition) is 3. The second-order valence-corrected chi connectivity index (χ2v) is 6.86. The van der Waals surface area contributed by atoms with Gasteiger partial charge in [-0.3, -0.25) is 15.0 Å². The number of aliphatic imine (C=N–C) groups is 1. The van der Waals surface area contributed by atoms with Crippen molar-refractivity contribution in [3.05, 3.63) is 41.6 Å². The van der Waals surface area contributed by atoms with Crippen LogP contribution in [0.25, 0.3) is 0 Å². The monoisotopic (exact) mass is 342 g/mol. The van der Waals surface area contributed by atoms with Crippen molar-refractivity contribution in [3.63, 3.8) is 0 Å². The van der Waals surface area contributed by atoms with Crippen molar-refractivity contribution < 1.29 is 14.7 Å². The van der Waals surface area contributed by atoms with Gasteiger partial charge in [0.25, 0.3) is 0 Å². The lowest BCUT2D eigenvalue weighted by molar-refractivity contribution is -0.904. The van der Waals surface area contributed by atoms with E-state index in [4.69, 9.17) is 0 Å². The van der Waals surface area contributed by atoms with Gasteiger partial charge in [0.15, 0.2) is 0 Å². The smallest absolute Gasteiger partial charge is 0.247 e. The molecule has 1 fully saturated rings. The van der Waals surface area contributed by atoms with Gasteiger partial charge in [0.05, 0.1) is 11.9 Å². The van der Waals surface area contributed by atoms with Gasteiger partial charge in [0.1, 0.15) is 18.0 Å². The van der Waals surface area contributed by atoms with E-state index in [1.807, 2.05) is 12.1 Å². The summed E-state index contributed by atoms with van der Waals surface area (Å²) in [5.41, 5.74) is 1.72. The lowest BCUT2D eigenvalue weighted by Gasteiger charge is -2.44. The van der Waals surface area contributed by atoms with E-state index in [-0.39, 0.29) is 18.1 Å². The van der Waals surface area contributed by atoms with E-state index < -0.39 is 0 Å². The molecule has 3 aliphatic rings. The molecule has 3 heterocycles. The first-order valence-electron chi connectivity index (χ1n) is 9.01. The Morgan fingerprint density at radius 2 is 2.04 bits per heavy atom. The average Bonchev–Trinajstić information content (AvgIpc) is 3.15. The molecule has 0 aromatic carbocycles. The summed E-state index contributed by atoms with van der Waals surface area (Å²) >= 11 is 0. The Balaban J connectivity index is 1.66. The van der Waals surface area contributed by atoms with Crippen LogP contribution < -0.4 is 15.4 Å². The van der Waals surface area contributed by atoms with E-state index in [0.29, 0.717) is 6.04 Å². The third kappa shape index (κ3) is 2.83. The van der Waals surface area contributed by atoms with E-state index in [0.717, 1.165) is 41.1 Å². The molecule has 2 unspecified atom stereocenters. The predicted molar refractivity (Wildman–Crippen MR) is 91.5 cm³/mol. The lowest BCUT2D eigenvalue weighted by atomic mass is 10.0. The van der Waals surface area contributed by atoms with Gasteiger partial charge in [0.2, 0.25) is 18.3 Å². The first kappa shape index (κ1) is 15.9. The molecule has 2 aliphatic heterocycles. The molecule has 0 spiro atoms. The highest BCUT2D eigenvalue weighted by atomic mass is 16.5. The van der Waals surface area contributed by atoms with Gasteiger partial charge in [-0.25, -0.2) is 0 Å². The lowest BCUT2D eigenvalue weighted by Crippen LogP contribution is -2.58. The van der Waals surface area contributed by atoms with Crippen molar-refractivity contribution in [1.82, 2.24) is 15.5 Å². The van der Waals surface area contributed by atoms with E-state index in [2.05, 4.69) is 27.4 Å². The summed E-state index contributed by atoms with van der Waals surface area (Å²) in [6.45, 7) is 2.06.